The van der Waals surface area contributed by atoms with Gasteiger partial charge in [-0.1, -0.05) is 51.7 Å². The maximum atomic E-state index is 9.72. The van der Waals surface area contributed by atoms with Gasteiger partial charge in [0, 0.05) is 5.56 Å². The smallest absolute Gasteiger partial charge is 0.160 e. The number of benzene rings is 1. The summed E-state index contributed by atoms with van der Waals surface area (Å²) < 4.78 is 0. The van der Waals surface area contributed by atoms with E-state index in [9.17, 15) is 10.2 Å². The Balaban J connectivity index is 2.52. The minimum Gasteiger partial charge on any atom is -0.504 e. The van der Waals surface area contributed by atoms with E-state index in [1.165, 1.54) is 31.7 Å². The van der Waals surface area contributed by atoms with Gasteiger partial charge in [0.05, 0.1) is 0 Å². The van der Waals surface area contributed by atoms with Crippen LogP contribution in [0.2, 0.25) is 0 Å². The Morgan fingerprint density at radius 1 is 1.12 bits per heavy atom. The Labute approximate surface area is 97.9 Å². The van der Waals surface area contributed by atoms with Crippen molar-refractivity contribution in [1.82, 2.24) is 0 Å². The molecule has 2 heteroatoms. The maximum absolute atomic E-state index is 9.72. The van der Waals surface area contributed by atoms with Crippen molar-refractivity contribution < 1.29 is 10.2 Å². The van der Waals surface area contributed by atoms with Gasteiger partial charge in [-0.05, 0) is 18.4 Å². The van der Waals surface area contributed by atoms with Crippen LogP contribution in [0.3, 0.4) is 0 Å². The van der Waals surface area contributed by atoms with Crippen LogP contribution in [0.5, 0.6) is 11.5 Å². The number of unbranched alkanes of at least 4 members (excludes halogenated alkanes) is 3. The lowest BCUT2D eigenvalue weighted by molar-refractivity contribution is 0.395. The van der Waals surface area contributed by atoms with Gasteiger partial charge in [0.2, 0.25) is 0 Å². The summed E-state index contributed by atoms with van der Waals surface area (Å²) in [4.78, 5) is 0. The van der Waals surface area contributed by atoms with E-state index in [2.05, 4.69) is 13.8 Å². The van der Waals surface area contributed by atoms with E-state index < -0.39 is 0 Å². The molecule has 1 aromatic carbocycles. The Morgan fingerprint density at radius 2 is 1.88 bits per heavy atom. The molecule has 1 aromatic rings. The first-order valence-corrected chi connectivity index (χ1v) is 6.17. The van der Waals surface area contributed by atoms with E-state index in [1.54, 1.807) is 6.07 Å². The first-order valence-electron chi connectivity index (χ1n) is 6.17. The molecule has 0 aliphatic heterocycles. The molecule has 0 radical (unpaired) electrons. The highest BCUT2D eigenvalue weighted by Crippen LogP contribution is 2.35. The molecular formula is C14H22O2. The van der Waals surface area contributed by atoms with Crippen molar-refractivity contribution in [3.8, 4) is 11.5 Å². The third kappa shape index (κ3) is 3.44. The monoisotopic (exact) mass is 222 g/mol. The molecule has 0 heterocycles. The summed E-state index contributed by atoms with van der Waals surface area (Å²) in [6.07, 6.45) is 6.02. The summed E-state index contributed by atoms with van der Waals surface area (Å²) in [5.41, 5.74) is 0.858. The number of hydrogen-bond acceptors (Lipinski definition) is 2. The van der Waals surface area contributed by atoms with E-state index in [0.717, 1.165) is 12.0 Å². The fraction of sp³-hybridized carbons (Fsp3) is 0.571. The van der Waals surface area contributed by atoms with Crippen molar-refractivity contribution in [3.05, 3.63) is 23.8 Å². The highest BCUT2D eigenvalue weighted by Gasteiger charge is 2.12. The third-order valence-electron chi connectivity index (χ3n) is 3.07. The largest absolute Gasteiger partial charge is 0.504 e. The summed E-state index contributed by atoms with van der Waals surface area (Å²) in [6.45, 7) is 4.30. The number of phenolic OH excluding ortho intramolecular Hbond substituents is 2. The molecule has 0 spiro atoms. The van der Waals surface area contributed by atoms with Crippen LogP contribution in [0.1, 0.15) is 57.4 Å². The van der Waals surface area contributed by atoms with Gasteiger partial charge >= 0.3 is 0 Å². The molecule has 16 heavy (non-hydrogen) atoms. The molecule has 1 atom stereocenters. The second-order valence-electron chi connectivity index (χ2n) is 4.47. The van der Waals surface area contributed by atoms with Gasteiger partial charge in [-0.2, -0.15) is 0 Å². The zero-order valence-corrected chi connectivity index (χ0v) is 10.2. The van der Waals surface area contributed by atoms with E-state index in [0.29, 0.717) is 5.92 Å². The van der Waals surface area contributed by atoms with Crippen LogP contribution in [0.4, 0.5) is 0 Å². The molecule has 2 nitrogen and oxygen atoms in total. The van der Waals surface area contributed by atoms with Gasteiger partial charge in [0.1, 0.15) is 0 Å². The van der Waals surface area contributed by atoms with Gasteiger partial charge in [-0.15, -0.1) is 0 Å². The van der Waals surface area contributed by atoms with Gasteiger partial charge in [-0.25, -0.2) is 0 Å². The van der Waals surface area contributed by atoms with Crippen LogP contribution in [0.15, 0.2) is 18.2 Å². The van der Waals surface area contributed by atoms with Gasteiger partial charge in [0.25, 0.3) is 0 Å². The molecular weight excluding hydrogens is 200 g/mol. The Hall–Kier alpha value is -1.18. The lowest BCUT2D eigenvalue weighted by atomic mass is 9.94. The molecule has 0 amide bonds. The number of aromatic hydroxyl groups is 2. The van der Waals surface area contributed by atoms with Crippen molar-refractivity contribution in [1.29, 1.82) is 0 Å². The zero-order chi connectivity index (χ0) is 12.0. The second-order valence-corrected chi connectivity index (χ2v) is 4.47. The molecule has 0 aromatic heterocycles. The topological polar surface area (TPSA) is 40.5 Å². The van der Waals surface area contributed by atoms with Crippen LogP contribution in [0.25, 0.3) is 0 Å². The molecule has 0 aliphatic carbocycles. The molecule has 0 aliphatic rings. The van der Waals surface area contributed by atoms with Crippen molar-refractivity contribution in [2.75, 3.05) is 0 Å². The van der Waals surface area contributed by atoms with Crippen LogP contribution in [-0.4, -0.2) is 10.2 Å². The number of para-hydroxylation sites is 1. The van der Waals surface area contributed by atoms with Crippen molar-refractivity contribution in [2.45, 2.75) is 51.9 Å². The van der Waals surface area contributed by atoms with E-state index in [-0.39, 0.29) is 11.5 Å². The van der Waals surface area contributed by atoms with Gasteiger partial charge < -0.3 is 10.2 Å². The Bertz CT molecular complexity index is 321. The Kier molecular flexibility index (Phi) is 5.17. The summed E-state index contributed by atoms with van der Waals surface area (Å²) in [6, 6.07) is 5.19. The average molecular weight is 222 g/mol. The predicted molar refractivity (Wildman–Crippen MR) is 66.9 cm³/mol. The fourth-order valence-corrected chi connectivity index (χ4v) is 1.98. The van der Waals surface area contributed by atoms with Crippen molar-refractivity contribution in [2.24, 2.45) is 0 Å². The van der Waals surface area contributed by atoms with Gasteiger partial charge in [-0.3, -0.25) is 0 Å². The quantitative estimate of drug-likeness (QED) is 0.560. The second kappa shape index (κ2) is 6.41. The SMILES string of the molecule is CCCCCCC(C)c1cccc(O)c1O. The highest BCUT2D eigenvalue weighted by atomic mass is 16.3. The molecule has 0 bridgehead atoms. The maximum Gasteiger partial charge on any atom is 0.160 e. The lowest BCUT2D eigenvalue weighted by Crippen LogP contribution is -1.94. The minimum absolute atomic E-state index is 0.0158. The molecule has 1 rings (SSSR count). The summed E-state index contributed by atoms with van der Waals surface area (Å²) >= 11 is 0. The fourth-order valence-electron chi connectivity index (χ4n) is 1.98. The summed E-state index contributed by atoms with van der Waals surface area (Å²) in [5, 5.41) is 19.1. The minimum atomic E-state index is -0.0158. The van der Waals surface area contributed by atoms with Crippen molar-refractivity contribution >= 4 is 0 Å². The van der Waals surface area contributed by atoms with E-state index >= 15 is 0 Å². The predicted octanol–water partition coefficient (Wildman–Crippen LogP) is 4.17. The molecule has 0 saturated carbocycles. The number of phenols is 2. The summed E-state index contributed by atoms with van der Waals surface area (Å²) in [7, 11) is 0. The molecule has 90 valence electrons. The molecule has 0 saturated heterocycles. The molecule has 2 N–H and O–H groups in total. The van der Waals surface area contributed by atoms with E-state index in [1.807, 2.05) is 6.07 Å². The number of hydrogen-bond donors (Lipinski definition) is 2. The molecule has 0 fully saturated rings. The highest BCUT2D eigenvalue weighted by molar-refractivity contribution is 5.45. The first-order chi connectivity index (χ1) is 7.66. The third-order valence-corrected chi connectivity index (χ3v) is 3.07. The number of rotatable bonds is 6. The summed E-state index contributed by atoms with van der Waals surface area (Å²) in [5.74, 6) is 0.340. The van der Waals surface area contributed by atoms with Crippen molar-refractivity contribution in [3.63, 3.8) is 0 Å². The Morgan fingerprint density at radius 3 is 2.56 bits per heavy atom. The zero-order valence-electron chi connectivity index (χ0n) is 10.2. The first kappa shape index (κ1) is 12.9. The van der Waals surface area contributed by atoms with Crippen LogP contribution >= 0.6 is 0 Å². The average Bonchev–Trinajstić information content (AvgIpc) is 2.28. The normalized spacial score (nSPS) is 12.6. The van der Waals surface area contributed by atoms with Gasteiger partial charge in [0.15, 0.2) is 11.5 Å². The van der Waals surface area contributed by atoms with Crippen LogP contribution in [0, 0.1) is 0 Å². The van der Waals surface area contributed by atoms with Crippen LogP contribution in [-0.2, 0) is 0 Å². The lowest BCUT2D eigenvalue weighted by Gasteiger charge is -2.13. The van der Waals surface area contributed by atoms with Crippen LogP contribution < -0.4 is 0 Å². The van der Waals surface area contributed by atoms with E-state index in [4.69, 9.17) is 0 Å². The molecule has 1 unspecified atom stereocenters. The standard InChI is InChI=1S/C14H22O2/c1-3-4-5-6-8-11(2)12-9-7-10-13(15)14(12)16/h7,9-11,15-16H,3-6,8H2,1-2H3.